The maximum Gasteiger partial charge on any atom is 0.330 e. The summed E-state index contributed by atoms with van der Waals surface area (Å²) in [5.41, 5.74) is 8.84. The molecule has 38 heavy (non-hydrogen) atoms. The Kier molecular flexibility index (Phi) is 8.89. The molecule has 6 N–H and O–H groups in total. The fourth-order valence-corrected chi connectivity index (χ4v) is 5.36. The van der Waals surface area contributed by atoms with E-state index in [1.165, 1.54) is 5.69 Å². The minimum absolute atomic E-state index is 0.0791. The Morgan fingerprint density at radius 3 is 2.55 bits per heavy atom. The number of allylic oxidation sites excluding steroid dienone is 1. The first-order chi connectivity index (χ1) is 18.2. The van der Waals surface area contributed by atoms with E-state index in [0.717, 1.165) is 50.0 Å². The first-order valence-electron chi connectivity index (χ1n) is 12.2. The normalized spacial score (nSPS) is 25.0. The zero-order valence-corrected chi connectivity index (χ0v) is 21.9. The lowest BCUT2D eigenvalue weighted by Gasteiger charge is -2.35. The molecule has 2 heterocycles. The fourth-order valence-electron chi connectivity index (χ4n) is 5.36. The van der Waals surface area contributed by atoms with Crippen molar-refractivity contribution in [2.45, 2.75) is 19.4 Å². The summed E-state index contributed by atoms with van der Waals surface area (Å²) in [6.45, 7) is 6.20. The number of benzene rings is 1. The molecule has 206 valence electrons. The third kappa shape index (κ3) is 6.45. The summed E-state index contributed by atoms with van der Waals surface area (Å²) in [7, 11) is 2.14. The van der Waals surface area contributed by atoms with Gasteiger partial charge in [0.15, 0.2) is 11.6 Å². The number of anilines is 4. The summed E-state index contributed by atoms with van der Waals surface area (Å²) in [4.78, 5) is 25.2. The highest BCUT2D eigenvalue weighted by molar-refractivity contribution is 7.74. The average Bonchev–Trinajstić information content (AvgIpc) is 3.49. The number of primary amides is 1. The number of hydrogen-bond acceptors (Lipinski definition) is 10. The number of nitrogens with zero attached hydrogens (tertiary/aromatic N) is 4. The molecule has 5 atom stereocenters. The van der Waals surface area contributed by atoms with Crippen LogP contribution in [0.4, 0.5) is 27.5 Å². The Bertz CT molecular complexity index is 1210. The molecule has 5 rings (SSSR count). The van der Waals surface area contributed by atoms with Crippen LogP contribution >= 0.6 is 0 Å². The fraction of sp³-hybridized carbons (Fsp3) is 0.458. The number of fused-ring (bicyclic) bond motifs is 2. The van der Waals surface area contributed by atoms with Crippen molar-refractivity contribution in [1.82, 2.24) is 14.9 Å². The maximum absolute atomic E-state index is 14.5. The lowest BCUT2D eigenvalue weighted by atomic mass is 9.88. The molecule has 2 bridgehead atoms. The van der Waals surface area contributed by atoms with Crippen molar-refractivity contribution >= 4 is 40.4 Å². The summed E-state index contributed by atoms with van der Waals surface area (Å²) < 4.78 is 33.7. The lowest BCUT2D eigenvalue weighted by Crippen LogP contribution is -2.44. The van der Waals surface area contributed by atoms with Gasteiger partial charge in [0, 0.05) is 43.6 Å². The SMILES string of the molecule is Cc1cc(Nc2ncc(F)c(N[C@H]3[C@@H](C(N)=O)[C@@H]4C=C[C@H]3C4)n2)ccc1N1CCN(C)CC1.O=S(O)OO. The maximum atomic E-state index is 14.5. The van der Waals surface area contributed by atoms with Crippen LogP contribution in [0.25, 0.3) is 0 Å². The Balaban J connectivity index is 0.000000617. The summed E-state index contributed by atoms with van der Waals surface area (Å²) in [6, 6.07) is 5.88. The molecular weight excluding hydrogens is 517 g/mol. The number of carbonyl (C=O) groups is 1. The molecule has 0 radical (unpaired) electrons. The number of carbonyl (C=O) groups excluding carboxylic acids is 1. The predicted molar refractivity (Wildman–Crippen MR) is 141 cm³/mol. The van der Waals surface area contributed by atoms with E-state index in [9.17, 15) is 9.18 Å². The van der Waals surface area contributed by atoms with Crippen LogP contribution in [0.1, 0.15) is 12.0 Å². The van der Waals surface area contributed by atoms with Crippen LogP contribution in [0.3, 0.4) is 0 Å². The van der Waals surface area contributed by atoms with Gasteiger partial charge >= 0.3 is 11.4 Å². The van der Waals surface area contributed by atoms with E-state index in [2.05, 4.69) is 66.9 Å². The molecule has 3 aliphatic rings. The topological polar surface area (TPSA) is 166 Å². The molecular formula is C24H32FN7O5S. The van der Waals surface area contributed by atoms with E-state index in [-0.39, 0.29) is 35.5 Å². The Hall–Kier alpha value is -3.17. The standard InChI is InChI=1S/C24H30FN7O.H2O4S/c1-14-11-17(5-6-19(14)32-9-7-31(2)8-10-32)28-24-27-13-18(25)23(30-24)29-21-16-4-3-15(12-16)20(21)22(26)33;1-4-5(2)3/h3-6,11,13,15-16,20-21H,7-10,12H2,1-2H3,(H2,26,33)(H2,27,28,29,30);1H,(H,2,3)/t15-,16+,20+,21-;/m1./s1. The molecule has 1 amide bonds. The second-order valence-electron chi connectivity index (χ2n) is 9.64. The van der Waals surface area contributed by atoms with Crippen molar-refractivity contribution in [2.24, 2.45) is 23.5 Å². The van der Waals surface area contributed by atoms with Crippen LogP contribution in [-0.4, -0.2) is 74.1 Å². The molecule has 2 aliphatic carbocycles. The van der Waals surface area contributed by atoms with Crippen molar-refractivity contribution in [3.8, 4) is 0 Å². The monoisotopic (exact) mass is 549 g/mol. The second-order valence-corrected chi connectivity index (χ2v) is 10.2. The third-order valence-corrected chi connectivity index (χ3v) is 7.32. The van der Waals surface area contributed by atoms with Gasteiger partial charge in [-0.15, -0.1) is 4.33 Å². The van der Waals surface area contributed by atoms with Crippen molar-refractivity contribution < 1.29 is 27.5 Å². The van der Waals surface area contributed by atoms with Crippen LogP contribution in [0.2, 0.25) is 0 Å². The summed E-state index contributed by atoms with van der Waals surface area (Å²) >= 11 is -2.52. The lowest BCUT2D eigenvalue weighted by molar-refractivity contribution is -0.131. The summed E-state index contributed by atoms with van der Waals surface area (Å²) in [5.74, 6) is -0.673. The smallest absolute Gasteiger partial charge is 0.330 e. The van der Waals surface area contributed by atoms with Crippen LogP contribution in [0.5, 0.6) is 0 Å². The van der Waals surface area contributed by atoms with Gasteiger partial charge < -0.3 is 26.2 Å². The van der Waals surface area contributed by atoms with Crippen molar-refractivity contribution in [3.63, 3.8) is 0 Å². The zero-order valence-electron chi connectivity index (χ0n) is 21.1. The van der Waals surface area contributed by atoms with Gasteiger partial charge in [-0.3, -0.25) is 9.35 Å². The van der Waals surface area contributed by atoms with E-state index in [1.807, 2.05) is 12.1 Å². The summed E-state index contributed by atoms with van der Waals surface area (Å²) in [5, 5.41) is 13.4. The number of hydrogen-bond donors (Lipinski definition) is 5. The number of rotatable bonds is 7. The van der Waals surface area contributed by atoms with Gasteiger partial charge in [-0.1, -0.05) is 12.2 Å². The van der Waals surface area contributed by atoms with Crippen LogP contribution in [0.15, 0.2) is 36.5 Å². The van der Waals surface area contributed by atoms with Gasteiger partial charge in [0.2, 0.25) is 11.9 Å². The van der Waals surface area contributed by atoms with E-state index < -0.39 is 17.2 Å². The second kappa shape index (κ2) is 12.1. The van der Waals surface area contributed by atoms with Gasteiger partial charge in [-0.05, 0) is 56.0 Å². The highest BCUT2D eigenvalue weighted by atomic mass is 32.2. The molecule has 1 aromatic heterocycles. The Morgan fingerprint density at radius 1 is 1.24 bits per heavy atom. The third-order valence-electron chi connectivity index (χ3n) is 7.20. The van der Waals surface area contributed by atoms with E-state index in [1.54, 1.807) is 0 Å². The van der Waals surface area contributed by atoms with Gasteiger partial charge in [0.05, 0.1) is 12.1 Å². The molecule has 14 heteroatoms. The number of halogens is 1. The van der Waals surface area contributed by atoms with Gasteiger partial charge in [-0.25, -0.2) is 14.6 Å². The minimum Gasteiger partial charge on any atom is -0.369 e. The molecule has 0 spiro atoms. The highest BCUT2D eigenvalue weighted by Crippen LogP contribution is 2.45. The van der Waals surface area contributed by atoms with Crippen molar-refractivity contribution in [1.29, 1.82) is 0 Å². The summed E-state index contributed by atoms with van der Waals surface area (Å²) in [6.07, 6.45) is 6.11. The first-order valence-corrected chi connectivity index (χ1v) is 13.2. The molecule has 1 aromatic carbocycles. The average molecular weight is 550 g/mol. The van der Waals surface area contributed by atoms with E-state index >= 15 is 0 Å². The van der Waals surface area contributed by atoms with E-state index in [4.69, 9.17) is 19.8 Å². The largest absolute Gasteiger partial charge is 0.369 e. The minimum atomic E-state index is -2.52. The number of aromatic nitrogens is 2. The van der Waals surface area contributed by atoms with Crippen molar-refractivity contribution in [3.05, 3.63) is 47.9 Å². The molecule has 1 aliphatic heterocycles. The van der Waals surface area contributed by atoms with Crippen LogP contribution in [0, 0.1) is 30.5 Å². The quantitative estimate of drug-likeness (QED) is 0.149. The van der Waals surface area contributed by atoms with Crippen LogP contribution < -0.4 is 21.3 Å². The number of aryl methyl sites for hydroxylation is 1. The van der Waals surface area contributed by atoms with Gasteiger partial charge in [-0.2, -0.15) is 9.19 Å². The van der Waals surface area contributed by atoms with Gasteiger partial charge in [0.25, 0.3) is 0 Å². The Morgan fingerprint density at radius 2 is 1.92 bits per heavy atom. The van der Waals surface area contributed by atoms with Gasteiger partial charge in [0.1, 0.15) is 0 Å². The first kappa shape index (κ1) is 27.9. The molecule has 1 unspecified atom stereocenters. The van der Waals surface area contributed by atoms with E-state index in [0.29, 0.717) is 5.95 Å². The molecule has 1 saturated heterocycles. The molecule has 12 nitrogen and oxygen atoms in total. The van der Waals surface area contributed by atoms with Crippen LogP contribution in [-0.2, 0) is 20.5 Å². The number of piperazine rings is 1. The predicted octanol–water partition coefficient (Wildman–Crippen LogP) is 2.12. The number of likely N-dealkylation sites (N-methyl/N-ethyl adjacent to an activating group) is 1. The number of nitrogens with two attached hydrogens (primary N) is 1. The molecule has 1 saturated carbocycles. The molecule has 2 aromatic rings. The Labute approximate surface area is 222 Å². The molecule has 2 fully saturated rings. The van der Waals surface area contributed by atoms with Crippen molar-refractivity contribution in [2.75, 3.05) is 48.8 Å². The zero-order chi connectivity index (χ0) is 27.4. The number of amides is 1. The highest BCUT2D eigenvalue weighted by Gasteiger charge is 2.47. The number of nitrogens with one attached hydrogen (secondary N) is 2.